The Bertz CT molecular complexity index is 252. The van der Waals surface area contributed by atoms with Crippen LogP contribution in [0.15, 0.2) is 30.3 Å². The Morgan fingerprint density at radius 3 is 2.46 bits per heavy atom. The standard InChI is InChI=1S/C11H15N.Fe/c1-11(8-5-9-12-11)10-6-3-2-4-7-10;/h2-4,6-7,12H,5,8-9H2,1H3;/t11-;/m0./s1. The summed E-state index contributed by atoms with van der Waals surface area (Å²) in [6, 6.07) is 10.7. The van der Waals surface area contributed by atoms with Gasteiger partial charge in [-0.15, -0.1) is 0 Å². The van der Waals surface area contributed by atoms with E-state index in [0.717, 1.165) is 6.54 Å². The van der Waals surface area contributed by atoms with Crippen molar-refractivity contribution in [1.82, 2.24) is 5.32 Å². The van der Waals surface area contributed by atoms with E-state index in [2.05, 4.69) is 42.6 Å². The van der Waals surface area contributed by atoms with Crippen molar-refractivity contribution in [2.45, 2.75) is 25.3 Å². The number of hydrogen-bond donors (Lipinski definition) is 1. The third kappa shape index (κ3) is 2.14. The molecule has 1 fully saturated rings. The topological polar surface area (TPSA) is 12.0 Å². The van der Waals surface area contributed by atoms with Gasteiger partial charge < -0.3 is 5.32 Å². The van der Waals surface area contributed by atoms with Crippen molar-refractivity contribution in [3.05, 3.63) is 35.9 Å². The number of benzene rings is 1. The molecule has 2 heteroatoms. The van der Waals surface area contributed by atoms with E-state index in [9.17, 15) is 0 Å². The Kier molecular flexibility index (Phi) is 3.54. The summed E-state index contributed by atoms with van der Waals surface area (Å²) >= 11 is 0. The van der Waals surface area contributed by atoms with Gasteiger partial charge in [0.2, 0.25) is 0 Å². The predicted octanol–water partition coefficient (Wildman–Crippen LogP) is 2.28. The summed E-state index contributed by atoms with van der Waals surface area (Å²) in [5.74, 6) is 0. The maximum Gasteiger partial charge on any atom is 0.0406 e. The molecule has 0 aromatic heterocycles. The van der Waals surface area contributed by atoms with Crippen molar-refractivity contribution in [3.8, 4) is 0 Å². The van der Waals surface area contributed by atoms with Crippen molar-refractivity contribution in [2.75, 3.05) is 6.54 Å². The van der Waals surface area contributed by atoms with Gasteiger partial charge >= 0.3 is 0 Å². The molecule has 13 heavy (non-hydrogen) atoms. The van der Waals surface area contributed by atoms with Crippen LogP contribution in [-0.4, -0.2) is 6.54 Å². The molecule has 0 amide bonds. The molecule has 1 aromatic carbocycles. The minimum atomic E-state index is 0. The van der Waals surface area contributed by atoms with E-state index in [0.29, 0.717) is 0 Å². The van der Waals surface area contributed by atoms with E-state index in [4.69, 9.17) is 0 Å². The van der Waals surface area contributed by atoms with E-state index in [1.54, 1.807) is 0 Å². The van der Waals surface area contributed by atoms with Crippen LogP contribution in [0.3, 0.4) is 0 Å². The van der Waals surface area contributed by atoms with Gasteiger partial charge in [-0.05, 0) is 31.9 Å². The smallest absolute Gasteiger partial charge is 0.0406 e. The van der Waals surface area contributed by atoms with E-state index < -0.39 is 0 Å². The van der Waals surface area contributed by atoms with E-state index >= 15 is 0 Å². The van der Waals surface area contributed by atoms with Gasteiger partial charge in [-0.25, -0.2) is 0 Å². The summed E-state index contributed by atoms with van der Waals surface area (Å²) in [6.07, 6.45) is 2.56. The normalized spacial score (nSPS) is 26.8. The predicted molar refractivity (Wildman–Crippen MR) is 51.0 cm³/mol. The van der Waals surface area contributed by atoms with E-state index in [1.807, 2.05) is 0 Å². The fourth-order valence-electron chi connectivity index (χ4n) is 1.95. The molecular weight excluding hydrogens is 202 g/mol. The van der Waals surface area contributed by atoms with Crippen LogP contribution >= 0.6 is 0 Å². The van der Waals surface area contributed by atoms with Gasteiger partial charge in [0.25, 0.3) is 0 Å². The molecule has 1 atom stereocenters. The van der Waals surface area contributed by atoms with Crippen LogP contribution in [0.2, 0.25) is 0 Å². The molecule has 1 aliphatic rings. The van der Waals surface area contributed by atoms with Crippen molar-refractivity contribution in [2.24, 2.45) is 0 Å². The van der Waals surface area contributed by atoms with Crippen LogP contribution in [0.4, 0.5) is 0 Å². The first-order valence-corrected chi connectivity index (χ1v) is 4.62. The number of rotatable bonds is 1. The van der Waals surface area contributed by atoms with Crippen LogP contribution in [0.5, 0.6) is 0 Å². The van der Waals surface area contributed by atoms with Crippen molar-refractivity contribution >= 4 is 0 Å². The molecule has 72 valence electrons. The molecule has 0 radical (unpaired) electrons. The summed E-state index contributed by atoms with van der Waals surface area (Å²) in [5, 5.41) is 3.55. The average molecular weight is 217 g/mol. The Balaban J connectivity index is 0.000000845. The molecule has 1 aromatic rings. The SMILES string of the molecule is C[C@@]1(c2ccccc2)CCCN1.[Fe]. The summed E-state index contributed by atoms with van der Waals surface area (Å²) < 4.78 is 0. The van der Waals surface area contributed by atoms with E-state index in [1.165, 1.54) is 18.4 Å². The van der Waals surface area contributed by atoms with Crippen molar-refractivity contribution in [1.29, 1.82) is 0 Å². The maximum absolute atomic E-state index is 3.55. The third-order valence-corrected chi connectivity index (χ3v) is 2.78. The monoisotopic (exact) mass is 217 g/mol. The van der Waals surface area contributed by atoms with Crippen LogP contribution in [0.1, 0.15) is 25.3 Å². The fraction of sp³-hybridized carbons (Fsp3) is 0.455. The minimum Gasteiger partial charge on any atom is -0.308 e. The second-order valence-electron chi connectivity index (χ2n) is 3.73. The summed E-state index contributed by atoms with van der Waals surface area (Å²) in [4.78, 5) is 0. The molecular formula is C11H15FeN. The Morgan fingerprint density at radius 2 is 1.92 bits per heavy atom. The zero-order valence-electron chi connectivity index (χ0n) is 7.86. The fourth-order valence-corrected chi connectivity index (χ4v) is 1.95. The molecule has 0 spiro atoms. The van der Waals surface area contributed by atoms with Gasteiger partial charge in [0.05, 0.1) is 0 Å². The van der Waals surface area contributed by atoms with Gasteiger partial charge in [0.1, 0.15) is 0 Å². The maximum atomic E-state index is 3.55. The van der Waals surface area contributed by atoms with Crippen LogP contribution in [-0.2, 0) is 22.6 Å². The molecule has 1 heterocycles. The van der Waals surface area contributed by atoms with Gasteiger partial charge in [0, 0.05) is 22.6 Å². The summed E-state index contributed by atoms with van der Waals surface area (Å²) in [5.41, 5.74) is 1.66. The molecule has 1 N–H and O–H groups in total. The second-order valence-corrected chi connectivity index (χ2v) is 3.73. The molecule has 0 bridgehead atoms. The zero-order valence-corrected chi connectivity index (χ0v) is 8.97. The molecule has 1 nitrogen and oxygen atoms in total. The van der Waals surface area contributed by atoms with Gasteiger partial charge in [-0.3, -0.25) is 0 Å². The Labute approximate surface area is 90.4 Å². The largest absolute Gasteiger partial charge is 0.308 e. The third-order valence-electron chi connectivity index (χ3n) is 2.78. The van der Waals surface area contributed by atoms with Gasteiger partial charge in [-0.2, -0.15) is 0 Å². The first-order valence-electron chi connectivity index (χ1n) is 4.62. The number of hydrogen-bond acceptors (Lipinski definition) is 1. The van der Waals surface area contributed by atoms with Gasteiger partial charge in [-0.1, -0.05) is 30.3 Å². The molecule has 1 saturated heterocycles. The molecule has 0 aliphatic carbocycles. The second kappa shape index (κ2) is 4.28. The molecule has 0 unspecified atom stereocenters. The Morgan fingerprint density at radius 1 is 1.23 bits per heavy atom. The minimum absolute atomic E-state index is 0. The molecule has 2 rings (SSSR count). The Hall–Kier alpha value is -0.301. The quantitative estimate of drug-likeness (QED) is 0.711. The molecule has 1 aliphatic heterocycles. The van der Waals surface area contributed by atoms with Crippen LogP contribution in [0.25, 0.3) is 0 Å². The van der Waals surface area contributed by atoms with E-state index in [-0.39, 0.29) is 22.6 Å². The van der Waals surface area contributed by atoms with Crippen molar-refractivity contribution < 1.29 is 17.1 Å². The van der Waals surface area contributed by atoms with Gasteiger partial charge in [0.15, 0.2) is 0 Å². The summed E-state index contributed by atoms with van der Waals surface area (Å²) in [7, 11) is 0. The average Bonchev–Trinajstić information content (AvgIpc) is 2.55. The van der Waals surface area contributed by atoms with Crippen molar-refractivity contribution in [3.63, 3.8) is 0 Å². The van der Waals surface area contributed by atoms with Crippen LogP contribution < -0.4 is 5.32 Å². The first-order chi connectivity index (χ1) is 5.81. The summed E-state index contributed by atoms with van der Waals surface area (Å²) in [6.45, 7) is 3.45. The van der Waals surface area contributed by atoms with Crippen LogP contribution in [0, 0.1) is 0 Å². The first kappa shape index (κ1) is 10.8. The number of nitrogens with one attached hydrogen (secondary N) is 1. The zero-order chi connectivity index (χ0) is 8.44. The molecule has 0 saturated carbocycles.